The smallest absolute Gasteiger partial charge is 0.251 e. The van der Waals surface area contributed by atoms with Crippen molar-refractivity contribution in [3.8, 4) is 0 Å². The Labute approximate surface area is 101 Å². The third kappa shape index (κ3) is 2.77. The van der Waals surface area contributed by atoms with Crippen LogP contribution in [0.15, 0.2) is 24.3 Å². The molecule has 0 aliphatic heterocycles. The topological polar surface area (TPSA) is 81.1 Å². The Morgan fingerprint density at radius 3 is 2.94 bits per heavy atom. The molecule has 0 saturated heterocycles. The van der Waals surface area contributed by atoms with Crippen LogP contribution < -0.4 is 16.8 Å². The fourth-order valence-corrected chi connectivity index (χ4v) is 2.44. The molecule has 17 heavy (non-hydrogen) atoms. The summed E-state index contributed by atoms with van der Waals surface area (Å²) in [6, 6.07) is 7.25. The van der Waals surface area contributed by atoms with Crippen molar-refractivity contribution in [2.45, 2.75) is 25.3 Å². The van der Waals surface area contributed by atoms with Crippen LogP contribution in [0.1, 0.15) is 29.6 Å². The number of anilines is 1. The second-order valence-corrected chi connectivity index (χ2v) is 4.63. The molecule has 2 unspecified atom stereocenters. The lowest BCUT2D eigenvalue weighted by molar-refractivity contribution is 0.0929. The van der Waals surface area contributed by atoms with Gasteiger partial charge in [-0.05, 0) is 43.5 Å². The molecule has 4 heteroatoms. The fraction of sp³-hybridized carbons (Fsp3) is 0.462. The highest BCUT2D eigenvalue weighted by molar-refractivity contribution is 5.95. The van der Waals surface area contributed by atoms with E-state index in [1.54, 1.807) is 24.3 Å². The Bertz CT molecular complexity index is 405. The Hall–Kier alpha value is -1.55. The average molecular weight is 233 g/mol. The summed E-state index contributed by atoms with van der Waals surface area (Å²) in [5, 5.41) is 3.05. The van der Waals surface area contributed by atoms with Crippen molar-refractivity contribution in [3.05, 3.63) is 29.8 Å². The van der Waals surface area contributed by atoms with Gasteiger partial charge in [0.25, 0.3) is 5.91 Å². The van der Waals surface area contributed by atoms with Crippen molar-refractivity contribution < 1.29 is 4.79 Å². The molecule has 0 aromatic heterocycles. The van der Waals surface area contributed by atoms with Gasteiger partial charge in [-0.1, -0.05) is 12.5 Å². The van der Waals surface area contributed by atoms with Gasteiger partial charge >= 0.3 is 0 Å². The van der Waals surface area contributed by atoms with Crippen molar-refractivity contribution in [3.63, 3.8) is 0 Å². The highest BCUT2D eigenvalue weighted by atomic mass is 16.1. The minimum absolute atomic E-state index is 0.0531. The van der Waals surface area contributed by atoms with Crippen LogP contribution in [0, 0.1) is 5.92 Å². The first-order chi connectivity index (χ1) is 8.20. The minimum atomic E-state index is -0.0531. The Kier molecular flexibility index (Phi) is 3.64. The van der Waals surface area contributed by atoms with Crippen LogP contribution in [0.2, 0.25) is 0 Å². The third-order valence-corrected chi connectivity index (χ3v) is 3.43. The number of carbonyl (C=O) groups excluding carboxylic acids is 1. The summed E-state index contributed by atoms with van der Waals surface area (Å²) in [6.45, 7) is 0.641. The highest BCUT2D eigenvalue weighted by Crippen LogP contribution is 2.24. The van der Waals surface area contributed by atoms with Gasteiger partial charge in [0.1, 0.15) is 0 Å². The first kappa shape index (κ1) is 11.9. The zero-order chi connectivity index (χ0) is 12.3. The van der Waals surface area contributed by atoms with Gasteiger partial charge < -0.3 is 16.8 Å². The summed E-state index contributed by atoms with van der Waals surface area (Å²) < 4.78 is 0. The standard InChI is InChI=1S/C13H19N3O/c14-8-10-4-2-6-12(10)16-13(17)9-3-1-5-11(15)7-9/h1,3,5,7,10,12H,2,4,6,8,14-15H2,(H,16,17). The molecule has 1 aromatic rings. The summed E-state index contributed by atoms with van der Waals surface area (Å²) in [5.74, 6) is 0.364. The molecule has 1 saturated carbocycles. The zero-order valence-corrected chi connectivity index (χ0v) is 9.86. The number of hydrogen-bond donors (Lipinski definition) is 3. The maximum absolute atomic E-state index is 12.0. The molecule has 1 aromatic carbocycles. The molecular weight excluding hydrogens is 214 g/mol. The van der Waals surface area contributed by atoms with E-state index in [-0.39, 0.29) is 11.9 Å². The van der Waals surface area contributed by atoms with Crippen LogP contribution in [0.5, 0.6) is 0 Å². The van der Waals surface area contributed by atoms with Crippen molar-refractivity contribution in [1.82, 2.24) is 5.32 Å². The molecule has 1 aliphatic rings. The van der Waals surface area contributed by atoms with Crippen molar-refractivity contribution >= 4 is 11.6 Å². The second kappa shape index (κ2) is 5.19. The molecule has 4 nitrogen and oxygen atoms in total. The fourth-order valence-electron chi connectivity index (χ4n) is 2.44. The first-order valence-corrected chi connectivity index (χ1v) is 6.07. The van der Waals surface area contributed by atoms with Gasteiger partial charge in [-0.3, -0.25) is 4.79 Å². The van der Waals surface area contributed by atoms with E-state index in [4.69, 9.17) is 11.5 Å². The average Bonchev–Trinajstić information content (AvgIpc) is 2.76. The predicted octanol–water partition coefficient (Wildman–Crippen LogP) is 1.13. The minimum Gasteiger partial charge on any atom is -0.399 e. The van der Waals surface area contributed by atoms with Gasteiger partial charge in [0.05, 0.1) is 0 Å². The molecule has 5 N–H and O–H groups in total. The molecule has 92 valence electrons. The van der Waals surface area contributed by atoms with Crippen molar-refractivity contribution in [1.29, 1.82) is 0 Å². The number of rotatable bonds is 3. The number of hydrogen-bond acceptors (Lipinski definition) is 3. The van der Waals surface area contributed by atoms with E-state index in [0.717, 1.165) is 19.3 Å². The second-order valence-electron chi connectivity index (χ2n) is 4.63. The van der Waals surface area contributed by atoms with Crippen LogP contribution >= 0.6 is 0 Å². The summed E-state index contributed by atoms with van der Waals surface area (Å²) >= 11 is 0. The van der Waals surface area contributed by atoms with Crippen LogP contribution in [0.25, 0.3) is 0 Å². The number of nitrogen functional groups attached to an aromatic ring is 1. The first-order valence-electron chi connectivity index (χ1n) is 6.07. The normalized spacial score (nSPS) is 23.6. The zero-order valence-electron chi connectivity index (χ0n) is 9.86. The molecule has 1 aliphatic carbocycles. The van der Waals surface area contributed by atoms with Crippen LogP contribution in [-0.4, -0.2) is 18.5 Å². The van der Waals surface area contributed by atoms with Crippen LogP contribution in [0.3, 0.4) is 0 Å². The summed E-state index contributed by atoms with van der Waals surface area (Å²) in [6.07, 6.45) is 3.28. The maximum Gasteiger partial charge on any atom is 0.251 e. The number of nitrogens with one attached hydrogen (secondary N) is 1. The monoisotopic (exact) mass is 233 g/mol. The van der Waals surface area contributed by atoms with Gasteiger partial charge in [-0.15, -0.1) is 0 Å². The Morgan fingerprint density at radius 1 is 1.41 bits per heavy atom. The maximum atomic E-state index is 12.0. The third-order valence-electron chi connectivity index (χ3n) is 3.43. The van der Waals surface area contributed by atoms with Gasteiger partial charge in [-0.25, -0.2) is 0 Å². The van der Waals surface area contributed by atoms with E-state index in [1.165, 1.54) is 0 Å². The van der Waals surface area contributed by atoms with Gasteiger partial charge in [0.2, 0.25) is 0 Å². The van der Waals surface area contributed by atoms with Crippen molar-refractivity contribution in [2.24, 2.45) is 11.7 Å². The highest BCUT2D eigenvalue weighted by Gasteiger charge is 2.27. The summed E-state index contributed by atoms with van der Waals surface area (Å²) in [7, 11) is 0. The molecule has 2 rings (SSSR count). The lowest BCUT2D eigenvalue weighted by atomic mass is 10.0. The summed E-state index contributed by atoms with van der Waals surface area (Å²) in [5.41, 5.74) is 12.6. The van der Waals surface area contributed by atoms with Gasteiger partial charge in [-0.2, -0.15) is 0 Å². The molecule has 0 heterocycles. The largest absolute Gasteiger partial charge is 0.399 e. The van der Waals surface area contributed by atoms with Gasteiger partial charge in [0, 0.05) is 17.3 Å². The predicted molar refractivity (Wildman–Crippen MR) is 68.5 cm³/mol. The Balaban J connectivity index is 2.01. The molecule has 0 bridgehead atoms. The number of amides is 1. The summed E-state index contributed by atoms with van der Waals surface area (Å²) in [4.78, 5) is 12.0. The van der Waals surface area contributed by atoms with E-state index in [9.17, 15) is 4.79 Å². The van der Waals surface area contributed by atoms with E-state index < -0.39 is 0 Å². The van der Waals surface area contributed by atoms with Crippen LogP contribution in [-0.2, 0) is 0 Å². The Morgan fingerprint density at radius 2 is 2.24 bits per heavy atom. The lowest BCUT2D eigenvalue weighted by Crippen LogP contribution is -2.39. The number of benzene rings is 1. The van der Waals surface area contributed by atoms with E-state index in [0.29, 0.717) is 23.7 Å². The number of carbonyl (C=O) groups is 1. The van der Waals surface area contributed by atoms with Gasteiger partial charge in [0.15, 0.2) is 0 Å². The molecule has 1 fully saturated rings. The molecule has 0 spiro atoms. The van der Waals surface area contributed by atoms with Crippen molar-refractivity contribution in [2.75, 3.05) is 12.3 Å². The quantitative estimate of drug-likeness (QED) is 0.684. The van der Waals surface area contributed by atoms with E-state index in [2.05, 4.69) is 5.32 Å². The van der Waals surface area contributed by atoms with E-state index >= 15 is 0 Å². The molecular formula is C13H19N3O. The SMILES string of the molecule is NCC1CCCC1NC(=O)c1cccc(N)c1. The lowest BCUT2D eigenvalue weighted by Gasteiger charge is -2.19. The molecule has 0 radical (unpaired) electrons. The molecule has 2 atom stereocenters. The molecule has 1 amide bonds. The van der Waals surface area contributed by atoms with Crippen LogP contribution in [0.4, 0.5) is 5.69 Å². The number of nitrogens with two attached hydrogens (primary N) is 2. The van der Waals surface area contributed by atoms with E-state index in [1.807, 2.05) is 0 Å².